The molecule has 5 nitrogen and oxygen atoms in total. The molecular formula is C20H16Cl4N2O3. The number of carbonyl (C=O) groups excluding carboxylic acids is 3. The van der Waals surface area contributed by atoms with Gasteiger partial charge in [-0.3, -0.25) is 19.3 Å². The highest BCUT2D eigenvalue weighted by Gasteiger charge is 2.43. The van der Waals surface area contributed by atoms with Gasteiger partial charge in [0.1, 0.15) is 6.04 Å². The first kappa shape index (κ1) is 21.9. The Labute approximate surface area is 187 Å². The van der Waals surface area contributed by atoms with E-state index >= 15 is 0 Å². The van der Waals surface area contributed by atoms with Crippen molar-refractivity contribution < 1.29 is 14.4 Å². The minimum atomic E-state index is -1.02. The van der Waals surface area contributed by atoms with Crippen molar-refractivity contribution in [3.8, 4) is 0 Å². The first-order valence-electron chi connectivity index (χ1n) is 8.88. The molecule has 1 N–H and O–H groups in total. The lowest BCUT2D eigenvalue weighted by molar-refractivity contribution is -0.120. The molecule has 2 aromatic carbocycles. The number of benzene rings is 2. The van der Waals surface area contributed by atoms with Gasteiger partial charge in [-0.1, -0.05) is 72.2 Å². The topological polar surface area (TPSA) is 66.5 Å². The van der Waals surface area contributed by atoms with E-state index in [2.05, 4.69) is 5.32 Å². The number of unbranched alkanes of at least 4 members (excludes halogenated alkanes) is 1. The number of anilines is 1. The average Bonchev–Trinajstić information content (AvgIpc) is 2.91. The standard InChI is InChI=1S/C20H16Cl4N2O3/c1-2-3-7-16(18(27)25-15-6-4-5-12(21)17(15)24)26-19(28)10-8-13(22)14(23)9-11(10)20(26)29/h4-6,8-9,16H,2-3,7H2,1H3,(H,25,27)/t16-/m1/s1. The zero-order valence-electron chi connectivity index (χ0n) is 15.3. The summed E-state index contributed by atoms with van der Waals surface area (Å²) >= 11 is 24.1. The van der Waals surface area contributed by atoms with E-state index in [4.69, 9.17) is 46.4 Å². The summed E-state index contributed by atoms with van der Waals surface area (Å²) in [5.74, 6) is -1.71. The van der Waals surface area contributed by atoms with Crippen molar-refractivity contribution in [1.82, 2.24) is 4.90 Å². The Balaban J connectivity index is 1.94. The Morgan fingerprint density at radius 2 is 1.59 bits per heavy atom. The van der Waals surface area contributed by atoms with Crippen molar-refractivity contribution in [2.75, 3.05) is 5.32 Å². The monoisotopic (exact) mass is 472 g/mol. The second-order valence-electron chi connectivity index (χ2n) is 6.54. The fraction of sp³-hybridized carbons (Fsp3) is 0.250. The fourth-order valence-electron chi connectivity index (χ4n) is 3.13. The summed E-state index contributed by atoms with van der Waals surface area (Å²) in [4.78, 5) is 39.9. The molecule has 0 spiro atoms. The number of carbonyl (C=O) groups is 3. The normalized spacial score (nSPS) is 14.2. The predicted octanol–water partition coefficient (Wildman–Crippen LogP) is 6.09. The van der Waals surface area contributed by atoms with Crippen LogP contribution in [0.15, 0.2) is 30.3 Å². The highest BCUT2D eigenvalue weighted by Crippen LogP contribution is 2.34. The van der Waals surface area contributed by atoms with E-state index in [0.717, 1.165) is 11.3 Å². The Morgan fingerprint density at radius 1 is 1.00 bits per heavy atom. The number of hydrogen-bond acceptors (Lipinski definition) is 3. The van der Waals surface area contributed by atoms with Gasteiger partial charge in [-0.25, -0.2) is 0 Å². The summed E-state index contributed by atoms with van der Waals surface area (Å²) in [5.41, 5.74) is 0.548. The summed E-state index contributed by atoms with van der Waals surface area (Å²) < 4.78 is 0. The fourth-order valence-corrected chi connectivity index (χ4v) is 3.80. The molecule has 2 aromatic rings. The number of imide groups is 1. The van der Waals surface area contributed by atoms with E-state index < -0.39 is 23.8 Å². The van der Waals surface area contributed by atoms with Gasteiger partial charge in [0.05, 0.1) is 36.9 Å². The summed E-state index contributed by atoms with van der Waals surface area (Å²) in [6.07, 6.45) is 1.71. The Kier molecular flexibility index (Phi) is 6.74. The number of fused-ring (bicyclic) bond motifs is 1. The Morgan fingerprint density at radius 3 is 2.14 bits per heavy atom. The molecule has 0 aliphatic carbocycles. The molecule has 1 aliphatic rings. The summed E-state index contributed by atoms with van der Waals surface area (Å²) in [5, 5.41) is 3.45. The van der Waals surface area contributed by atoms with Crippen molar-refractivity contribution in [3.05, 3.63) is 61.5 Å². The Bertz CT molecular complexity index is 968. The minimum Gasteiger partial charge on any atom is -0.323 e. The third-order valence-electron chi connectivity index (χ3n) is 4.61. The third kappa shape index (κ3) is 4.24. The van der Waals surface area contributed by atoms with E-state index in [9.17, 15) is 14.4 Å². The van der Waals surface area contributed by atoms with Gasteiger partial charge in [0, 0.05) is 0 Å². The molecule has 1 atom stereocenters. The molecule has 1 aliphatic heterocycles. The van der Waals surface area contributed by atoms with Crippen LogP contribution in [0.3, 0.4) is 0 Å². The van der Waals surface area contributed by atoms with Gasteiger partial charge in [0.2, 0.25) is 5.91 Å². The van der Waals surface area contributed by atoms with E-state index in [1.165, 1.54) is 12.1 Å². The van der Waals surface area contributed by atoms with Crippen molar-refractivity contribution in [3.63, 3.8) is 0 Å². The maximum Gasteiger partial charge on any atom is 0.262 e. The van der Waals surface area contributed by atoms with Crippen LogP contribution in [-0.4, -0.2) is 28.7 Å². The number of nitrogens with zero attached hydrogens (tertiary/aromatic N) is 1. The van der Waals surface area contributed by atoms with Crippen molar-refractivity contribution in [2.24, 2.45) is 0 Å². The average molecular weight is 474 g/mol. The van der Waals surface area contributed by atoms with Gasteiger partial charge in [0.15, 0.2) is 0 Å². The van der Waals surface area contributed by atoms with Gasteiger partial charge in [-0.05, 0) is 30.7 Å². The quantitative estimate of drug-likeness (QED) is 0.516. The maximum absolute atomic E-state index is 13.0. The van der Waals surface area contributed by atoms with Crippen LogP contribution in [0, 0.1) is 0 Å². The molecule has 0 unspecified atom stereocenters. The van der Waals surface area contributed by atoms with Gasteiger partial charge in [-0.15, -0.1) is 0 Å². The molecule has 0 bridgehead atoms. The van der Waals surface area contributed by atoms with Crippen molar-refractivity contribution >= 4 is 69.8 Å². The maximum atomic E-state index is 13.0. The van der Waals surface area contributed by atoms with Crippen LogP contribution in [0.4, 0.5) is 5.69 Å². The number of hydrogen-bond donors (Lipinski definition) is 1. The van der Waals surface area contributed by atoms with Crippen LogP contribution in [-0.2, 0) is 4.79 Å². The van der Waals surface area contributed by atoms with Gasteiger partial charge in [-0.2, -0.15) is 0 Å². The number of halogens is 4. The van der Waals surface area contributed by atoms with Crippen LogP contribution in [0.5, 0.6) is 0 Å². The van der Waals surface area contributed by atoms with Gasteiger partial charge < -0.3 is 5.32 Å². The van der Waals surface area contributed by atoms with E-state index in [1.54, 1.807) is 18.2 Å². The third-order valence-corrected chi connectivity index (χ3v) is 6.15. The molecule has 3 rings (SSSR count). The first-order chi connectivity index (χ1) is 13.8. The molecule has 0 radical (unpaired) electrons. The van der Waals surface area contributed by atoms with Crippen LogP contribution in [0.2, 0.25) is 20.1 Å². The lowest BCUT2D eigenvalue weighted by atomic mass is 10.1. The van der Waals surface area contributed by atoms with Crippen LogP contribution in [0.25, 0.3) is 0 Å². The molecule has 152 valence electrons. The summed E-state index contributed by atoms with van der Waals surface area (Å²) in [6, 6.07) is 6.49. The van der Waals surface area contributed by atoms with Crippen LogP contribution in [0.1, 0.15) is 46.9 Å². The van der Waals surface area contributed by atoms with E-state index in [0.29, 0.717) is 18.5 Å². The largest absolute Gasteiger partial charge is 0.323 e. The molecule has 0 aromatic heterocycles. The molecule has 3 amide bonds. The highest BCUT2D eigenvalue weighted by molar-refractivity contribution is 6.44. The molecule has 9 heteroatoms. The van der Waals surface area contributed by atoms with Gasteiger partial charge in [0.25, 0.3) is 11.8 Å². The molecule has 29 heavy (non-hydrogen) atoms. The molecule has 0 saturated carbocycles. The summed E-state index contributed by atoms with van der Waals surface area (Å²) in [6.45, 7) is 1.95. The SMILES string of the molecule is CCCC[C@H](C(=O)Nc1cccc(Cl)c1Cl)N1C(=O)c2cc(Cl)c(Cl)cc2C1=O. The zero-order valence-corrected chi connectivity index (χ0v) is 18.3. The summed E-state index contributed by atoms with van der Waals surface area (Å²) in [7, 11) is 0. The Hall–Kier alpha value is -1.79. The van der Waals surface area contributed by atoms with E-state index in [1.807, 2.05) is 6.92 Å². The van der Waals surface area contributed by atoms with Gasteiger partial charge >= 0.3 is 0 Å². The lowest BCUT2D eigenvalue weighted by Crippen LogP contribution is -2.47. The number of amides is 3. The number of rotatable bonds is 6. The second-order valence-corrected chi connectivity index (χ2v) is 8.14. The van der Waals surface area contributed by atoms with Crippen molar-refractivity contribution in [2.45, 2.75) is 32.2 Å². The number of nitrogens with one attached hydrogen (secondary N) is 1. The predicted molar refractivity (Wildman–Crippen MR) is 115 cm³/mol. The van der Waals surface area contributed by atoms with E-state index in [-0.39, 0.29) is 31.2 Å². The smallest absolute Gasteiger partial charge is 0.262 e. The second kappa shape index (κ2) is 8.92. The van der Waals surface area contributed by atoms with Crippen LogP contribution >= 0.6 is 46.4 Å². The zero-order chi connectivity index (χ0) is 21.3. The van der Waals surface area contributed by atoms with Crippen molar-refractivity contribution in [1.29, 1.82) is 0 Å². The molecular weight excluding hydrogens is 458 g/mol. The first-order valence-corrected chi connectivity index (χ1v) is 10.4. The molecule has 1 heterocycles. The minimum absolute atomic E-state index is 0.125. The molecule has 0 fully saturated rings. The van der Waals surface area contributed by atoms with Crippen LogP contribution < -0.4 is 5.32 Å². The highest BCUT2D eigenvalue weighted by atomic mass is 35.5. The lowest BCUT2D eigenvalue weighted by Gasteiger charge is -2.25. The molecule has 0 saturated heterocycles.